The third kappa shape index (κ3) is 5.60. The molecule has 1 amide bonds. The van der Waals surface area contributed by atoms with Gasteiger partial charge in [0.15, 0.2) is 11.5 Å². The van der Waals surface area contributed by atoms with Crippen LogP contribution in [0.25, 0.3) is 0 Å². The lowest BCUT2D eigenvalue weighted by Crippen LogP contribution is -2.48. The van der Waals surface area contributed by atoms with Crippen LogP contribution in [0.15, 0.2) is 18.2 Å². The van der Waals surface area contributed by atoms with Gasteiger partial charge < -0.3 is 25.6 Å². The Morgan fingerprint density at radius 1 is 1.35 bits per heavy atom. The summed E-state index contributed by atoms with van der Waals surface area (Å²) < 4.78 is 10.7. The monoisotopic (exact) mass is 365 g/mol. The van der Waals surface area contributed by atoms with Crippen molar-refractivity contribution in [3.05, 3.63) is 23.8 Å². The number of likely N-dealkylation sites (N-methyl/N-ethyl adjacent to an activating group) is 1. The van der Waals surface area contributed by atoms with Gasteiger partial charge in [-0.05, 0) is 44.0 Å². The molecule has 0 saturated heterocycles. The number of hydrogen-bond acceptors (Lipinski definition) is 6. The molecule has 0 radical (unpaired) electrons. The second-order valence-corrected chi connectivity index (χ2v) is 6.38. The summed E-state index contributed by atoms with van der Waals surface area (Å²) in [5.74, 6) is 0.229. The number of hydrogen-bond donors (Lipinski definition) is 3. The predicted molar refractivity (Wildman–Crippen MR) is 96.0 cm³/mol. The van der Waals surface area contributed by atoms with Gasteiger partial charge in [0, 0.05) is 12.5 Å². The third-order valence-electron chi connectivity index (χ3n) is 4.46. The SMILES string of the molecule is CCN(CNC(=O)C(N)CCC(=O)O)C(C)Cc1ccc2c(c1)OCO2. The number of aliphatic carboxylic acids is 1. The van der Waals surface area contributed by atoms with Gasteiger partial charge in [-0.25, -0.2) is 0 Å². The van der Waals surface area contributed by atoms with Crippen molar-refractivity contribution in [3.63, 3.8) is 0 Å². The fourth-order valence-corrected chi connectivity index (χ4v) is 2.84. The molecule has 1 aliphatic rings. The molecule has 2 rings (SSSR count). The average Bonchev–Trinajstić information content (AvgIpc) is 3.07. The number of carboxylic acid groups (broad SMARTS) is 1. The number of amides is 1. The molecule has 0 bridgehead atoms. The van der Waals surface area contributed by atoms with Crippen molar-refractivity contribution in [2.45, 2.75) is 45.2 Å². The first-order valence-corrected chi connectivity index (χ1v) is 8.78. The molecule has 1 aliphatic heterocycles. The summed E-state index contributed by atoms with van der Waals surface area (Å²) in [5.41, 5.74) is 6.85. The van der Waals surface area contributed by atoms with Crippen LogP contribution in [0.1, 0.15) is 32.3 Å². The van der Waals surface area contributed by atoms with Gasteiger partial charge in [-0.3, -0.25) is 14.5 Å². The first-order chi connectivity index (χ1) is 12.4. The van der Waals surface area contributed by atoms with Gasteiger partial charge in [0.2, 0.25) is 12.7 Å². The highest BCUT2D eigenvalue weighted by Crippen LogP contribution is 2.32. The number of ether oxygens (including phenoxy) is 2. The molecule has 26 heavy (non-hydrogen) atoms. The molecule has 144 valence electrons. The van der Waals surface area contributed by atoms with Gasteiger partial charge in [0.25, 0.3) is 0 Å². The van der Waals surface area contributed by atoms with E-state index in [4.69, 9.17) is 20.3 Å². The summed E-state index contributed by atoms with van der Waals surface area (Å²) in [5, 5.41) is 11.4. The Morgan fingerprint density at radius 3 is 2.77 bits per heavy atom. The van der Waals surface area contributed by atoms with E-state index in [9.17, 15) is 9.59 Å². The number of carboxylic acids is 1. The Kier molecular flexibility index (Phi) is 7.23. The van der Waals surface area contributed by atoms with Gasteiger partial charge in [-0.15, -0.1) is 0 Å². The topological polar surface area (TPSA) is 114 Å². The van der Waals surface area contributed by atoms with E-state index in [1.54, 1.807) is 0 Å². The fraction of sp³-hybridized carbons (Fsp3) is 0.556. The zero-order valence-electron chi connectivity index (χ0n) is 15.2. The molecule has 4 N–H and O–H groups in total. The minimum atomic E-state index is -0.958. The number of benzene rings is 1. The largest absolute Gasteiger partial charge is 0.481 e. The number of nitrogens with zero attached hydrogens (tertiary/aromatic N) is 1. The van der Waals surface area contributed by atoms with Crippen LogP contribution in [0.2, 0.25) is 0 Å². The second kappa shape index (κ2) is 9.40. The summed E-state index contributed by atoms with van der Waals surface area (Å²) in [4.78, 5) is 24.7. The number of carbonyl (C=O) groups is 2. The zero-order valence-corrected chi connectivity index (χ0v) is 15.2. The van der Waals surface area contributed by atoms with Crippen molar-refractivity contribution in [2.24, 2.45) is 5.73 Å². The van der Waals surface area contributed by atoms with Gasteiger partial charge in [0.1, 0.15) is 0 Å². The lowest BCUT2D eigenvalue weighted by atomic mass is 10.1. The van der Waals surface area contributed by atoms with E-state index < -0.39 is 12.0 Å². The van der Waals surface area contributed by atoms with Crippen LogP contribution in [-0.4, -0.2) is 54.0 Å². The summed E-state index contributed by atoms with van der Waals surface area (Å²) in [6.07, 6.45) is 0.804. The van der Waals surface area contributed by atoms with Gasteiger partial charge in [0.05, 0.1) is 12.7 Å². The van der Waals surface area contributed by atoms with Crippen molar-refractivity contribution in [1.82, 2.24) is 10.2 Å². The van der Waals surface area contributed by atoms with Crippen LogP contribution in [0, 0.1) is 0 Å². The molecule has 1 aromatic rings. The molecular formula is C18H27N3O5. The molecule has 0 aromatic heterocycles. The molecule has 1 aromatic carbocycles. The van der Waals surface area contributed by atoms with Crippen molar-refractivity contribution in [3.8, 4) is 11.5 Å². The van der Waals surface area contributed by atoms with E-state index in [0.717, 1.165) is 30.0 Å². The molecule has 8 nitrogen and oxygen atoms in total. The third-order valence-corrected chi connectivity index (χ3v) is 4.46. The molecule has 0 aliphatic carbocycles. The highest BCUT2D eigenvalue weighted by molar-refractivity contribution is 5.82. The van der Waals surface area contributed by atoms with Crippen molar-refractivity contribution < 1.29 is 24.2 Å². The van der Waals surface area contributed by atoms with Gasteiger partial charge in [-0.2, -0.15) is 0 Å². The number of nitrogens with two attached hydrogens (primary N) is 1. The minimum Gasteiger partial charge on any atom is -0.481 e. The minimum absolute atomic E-state index is 0.118. The maximum atomic E-state index is 12.0. The van der Waals surface area contributed by atoms with Crippen molar-refractivity contribution in [1.29, 1.82) is 0 Å². The molecular weight excluding hydrogens is 338 g/mol. The maximum absolute atomic E-state index is 12.0. The van der Waals surface area contributed by atoms with E-state index in [2.05, 4.69) is 17.1 Å². The van der Waals surface area contributed by atoms with E-state index in [0.29, 0.717) is 6.67 Å². The highest BCUT2D eigenvalue weighted by Gasteiger charge is 2.19. The standard InChI is InChI=1S/C18H27N3O5/c1-3-21(10-20-18(24)14(19)5-7-17(22)23)12(2)8-13-4-6-15-16(9-13)26-11-25-15/h4,6,9,12,14H,3,5,7-8,10-11,19H2,1-2H3,(H,20,24)(H,22,23). The number of carbonyl (C=O) groups excluding carboxylic acids is 1. The van der Waals surface area contributed by atoms with Crippen molar-refractivity contribution in [2.75, 3.05) is 20.0 Å². The first-order valence-electron chi connectivity index (χ1n) is 8.78. The summed E-state index contributed by atoms with van der Waals surface area (Å²) >= 11 is 0. The van der Waals surface area contributed by atoms with E-state index in [1.165, 1.54) is 0 Å². The average molecular weight is 365 g/mol. The summed E-state index contributed by atoms with van der Waals surface area (Å²) in [6, 6.07) is 5.28. The van der Waals surface area contributed by atoms with Crippen LogP contribution in [0.4, 0.5) is 0 Å². The summed E-state index contributed by atoms with van der Waals surface area (Å²) in [6.45, 7) is 5.49. The maximum Gasteiger partial charge on any atom is 0.303 e. The smallest absolute Gasteiger partial charge is 0.303 e. The zero-order chi connectivity index (χ0) is 19.1. The highest BCUT2D eigenvalue weighted by atomic mass is 16.7. The first kappa shape index (κ1) is 20.0. The molecule has 0 saturated carbocycles. The Labute approximate surface area is 153 Å². The van der Waals surface area contributed by atoms with Crippen LogP contribution in [0.5, 0.6) is 11.5 Å². The Bertz CT molecular complexity index is 637. The number of rotatable bonds is 10. The predicted octanol–water partition coefficient (Wildman–Crippen LogP) is 0.934. The molecule has 0 fully saturated rings. The van der Waals surface area contributed by atoms with E-state index >= 15 is 0 Å². The molecule has 1 heterocycles. The Balaban J connectivity index is 1.83. The molecule has 8 heteroatoms. The second-order valence-electron chi connectivity index (χ2n) is 6.38. The fourth-order valence-electron chi connectivity index (χ4n) is 2.84. The lowest BCUT2D eigenvalue weighted by molar-refractivity contribution is -0.137. The summed E-state index contributed by atoms with van der Waals surface area (Å²) in [7, 11) is 0. The van der Waals surface area contributed by atoms with Crippen LogP contribution >= 0.6 is 0 Å². The van der Waals surface area contributed by atoms with Crippen molar-refractivity contribution >= 4 is 11.9 Å². The molecule has 0 spiro atoms. The van der Waals surface area contributed by atoms with Gasteiger partial charge in [-0.1, -0.05) is 13.0 Å². The number of nitrogens with one attached hydrogen (secondary N) is 1. The Morgan fingerprint density at radius 2 is 2.08 bits per heavy atom. The van der Waals surface area contributed by atoms with E-state index in [-0.39, 0.29) is 31.6 Å². The lowest BCUT2D eigenvalue weighted by Gasteiger charge is -2.28. The van der Waals surface area contributed by atoms with Crippen LogP contribution < -0.4 is 20.5 Å². The normalized spacial score (nSPS) is 14.9. The van der Waals surface area contributed by atoms with Gasteiger partial charge >= 0.3 is 5.97 Å². The number of fused-ring (bicyclic) bond motifs is 1. The quantitative estimate of drug-likeness (QED) is 0.529. The van der Waals surface area contributed by atoms with E-state index in [1.807, 2.05) is 25.1 Å². The molecule has 2 atom stereocenters. The Hall–Kier alpha value is -2.32. The molecule has 2 unspecified atom stereocenters. The van der Waals surface area contributed by atoms with Crippen LogP contribution in [-0.2, 0) is 16.0 Å². The van der Waals surface area contributed by atoms with Crippen LogP contribution in [0.3, 0.4) is 0 Å².